The van der Waals surface area contributed by atoms with Crippen molar-refractivity contribution in [3.63, 3.8) is 0 Å². The molecular formula is C13H14BrN3O. The third kappa shape index (κ3) is 2.36. The van der Waals surface area contributed by atoms with Crippen molar-refractivity contribution in [2.75, 3.05) is 24.6 Å². The summed E-state index contributed by atoms with van der Waals surface area (Å²) in [6, 6.07) is 8.12. The molecule has 0 unspecified atom stereocenters. The first kappa shape index (κ1) is 11.6. The van der Waals surface area contributed by atoms with Crippen LogP contribution in [0.4, 0.5) is 5.69 Å². The number of anilines is 1. The van der Waals surface area contributed by atoms with E-state index in [9.17, 15) is 0 Å². The molecule has 0 fully saturated rings. The number of hydrogen-bond acceptors (Lipinski definition) is 3. The molecule has 0 aliphatic carbocycles. The van der Waals surface area contributed by atoms with E-state index in [1.54, 1.807) is 0 Å². The van der Waals surface area contributed by atoms with Crippen LogP contribution in [0.2, 0.25) is 0 Å². The van der Waals surface area contributed by atoms with E-state index in [2.05, 4.69) is 38.1 Å². The minimum absolute atomic E-state index is 0.739. The Hall–Kier alpha value is -1.49. The highest BCUT2D eigenvalue weighted by atomic mass is 79.9. The van der Waals surface area contributed by atoms with Gasteiger partial charge in [0, 0.05) is 23.4 Å². The average Bonchev–Trinajstić information content (AvgIpc) is 2.89. The number of nitrogens with zero attached hydrogens (tertiary/aromatic N) is 3. The van der Waals surface area contributed by atoms with Crippen LogP contribution in [-0.2, 0) is 6.54 Å². The molecule has 94 valence electrons. The second-order valence-electron chi connectivity index (χ2n) is 4.22. The van der Waals surface area contributed by atoms with E-state index >= 15 is 0 Å². The maximum atomic E-state index is 5.68. The van der Waals surface area contributed by atoms with Gasteiger partial charge in [-0.05, 0) is 24.3 Å². The molecule has 0 saturated carbocycles. The number of fused-ring (bicyclic) bond motifs is 1. The highest BCUT2D eigenvalue weighted by molar-refractivity contribution is 9.10. The van der Waals surface area contributed by atoms with Crippen molar-refractivity contribution in [1.29, 1.82) is 0 Å². The van der Waals surface area contributed by atoms with E-state index in [1.807, 2.05) is 29.2 Å². The van der Waals surface area contributed by atoms with Gasteiger partial charge in [0.2, 0.25) is 0 Å². The van der Waals surface area contributed by atoms with Crippen LogP contribution >= 0.6 is 15.9 Å². The highest BCUT2D eigenvalue weighted by Crippen LogP contribution is 2.33. The van der Waals surface area contributed by atoms with Gasteiger partial charge in [0.15, 0.2) is 0 Å². The Bertz CT molecular complexity index is 527. The predicted molar refractivity (Wildman–Crippen MR) is 74.1 cm³/mol. The second kappa shape index (κ2) is 5.02. The molecule has 1 aliphatic heterocycles. The van der Waals surface area contributed by atoms with Gasteiger partial charge in [-0.15, -0.1) is 0 Å². The van der Waals surface area contributed by atoms with Crippen LogP contribution in [0.25, 0.3) is 0 Å². The lowest BCUT2D eigenvalue weighted by Crippen LogP contribution is -2.35. The fraction of sp³-hybridized carbons (Fsp3) is 0.308. The molecule has 1 aliphatic rings. The molecule has 5 heteroatoms. The summed E-state index contributed by atoms with van der Waals surface area (Å²) in [7, 11) is 0. The van der Waals surface area contributed by atoms with Crippen LogP contribution in [0.1, 0.15) is 0 Å². The maximum absolute atomic E-state index is 5.68. The SMILES string of the molecule is Brc1ccc2c(c1)OCCN2CCn1cccn1. The van der Waals surface area contributed by atoms with Crippen molar-refractivity contribution in [3.05, 3.63) is 41.1 Å². The van der Waals surface area contributed by atoms with E-state index in [4.69, 9.17) is 4.74 Å². The molecule has 0 N–H and O–H groups in total. The van der Waals surface area contributed by atoms with Crippen LogP contribution in [0.3, 0.4) is 0 Å². The van der Waals surface area contributed by atoms with E-state index in [-0.39, 0.29) is 0 Å². The Labute approximate surface area is 114 Å². The zero-order valence-corrected chi connectivity index (χ0v) is 11.5. The number of aromatic nitrogens is 2. The Morgan fingerprint density at radius 2 is 2.28 bits per heavy atom. The Morgan fingerprint density at radius 1 is 1.33 bits per heavy atom. The van der Waals surface area contributed by atoms with Gasteiger partial charge in [-0.25, -0.2) is 0 Å². The minimum atomic E-state index is 0.739. The average molecular weight is 308 g/mol. The van der Waals surface area contributed by atoms with Crippen LogP contribution in [0.15, 0.2) is 41.1 Å². The maximum Gasteiger partial charge on any atom is 0.143 e. The van der Waals surface area contributed by atoms with Crippen LogP contribution in [-0.4, -0.2) is 29.5 Å². The van der Waals surface area contributed by atoms with Crippen molar-refractivity contribution in [2.24, 2.45) is 0 Å². The van der Waals surface area contributed by atoms with E-state index < -0.39 is 0 Å². The third-order valence-corrected chi connectivity index (χ3v) is 3.53. The third-order valence-electron chi connectivity index (χ3n) is 3.04. The Morgan fingerprint density at radius 3 is 3.11 bits per heavy atom. The number of halogens is 1. The molecule has 0 bridgehead atoms. The smallest absolute Gasteiger partial charge is 0.143 e. The molecule has 1 aromatic heterocycles. The molecule has 18 heavy (non-hydrogen) atoms. The van der Waals surface area contributed by atoms with E-state index in [0.717, 1.165) is 42.2 Å². The predicted octanol–water partition coefficient (Wildman–Crippen LogP) is 2.54. The van der Waals surface area contributed by atoms with Gasteiger partial charge < -0.3 is 9.64 Å². The summed E-state index contributed by atoms with van der Waals surface area (Å²) in [5.41, 5.74) is 1.16. The van der Waals surface area contributed by atoms with Crippen LogP contribution < -0.4 is 9.64 Å². The molecule has 3 rings (SSSR count). The summed E-state index contributed by atoms with van der Waals surface area (Å²) in [5.74, 6) is 0.955. The molecule has 0 spiro atoms. The molecule has 0 atom stereocenters. The first-order valence-corrected chi connectivity index (χ1v) is 6.77. The number of rotatable bonds is 3. The summed E-state index contributed by atoms with van der Waals surface area (Å²) in [6.07, 6.45) is 3.80. The van der Waals surface area contributed by atoms with Gasteiger partial charge in [0.25, 0.3) is 0 Å². The quantitative estimate of drug-likeness (QED) is 0.873. The second-order valence-corrected chi connectivity index (χ2v) is 5.13. The summed E-state index contributed by atoms with van der Waals surface area (Å²) in [4.78, 5) is 2.34. The molecule has 2 aromatic rings. The van der Waals surface area contributed by atoms with Gasteiger partial charge in [-0.3, -0.25) is 4.68 Å². The lowest BCUT2D eigenvalue weighted by molar-refractivity contribution is 0.306. The van der Waals surface area contributed by atoms with E-state index in [1.165, 1.54) is 0 Å². The van der Waals surface area contributed by atoms with Crippen molar-refractivity contribution < 1.29 is 4.74 Å². The van der Waals surface area contributed by atoms with Crippen molar-refractivity contribution in [2.45, 2.75) is 6.54 Å². The largest absolute Gasteiger partial charge is 0.490 e. The minimum Gasteiger partial charge on any atom is -0.490 e. The van der Waals surface area contributed by atoms with Gasteiger partial charge >= 0.3 is 0 Å². The van der Waals surface area contributed by atoms with Gasteiger partial charge in [0.1, 0.15) is 12.4 Å². The van der Waals surface area contributed by atoms with Gasteiger partial charge in [0.05, 0.1) is 18.8 Å². The highest BCUT2D eigenvalue weighted by Gasteiger charge is 2.17. The number of benzene rings is 1. The molecule has 0 amide bonds. The topological polar surface area (TPSA) is 30.3 Å². The van der Waals surface area contributed by atoms with Crippen molar-refractivity contribution in [1.82, 2.24) is 9.78 Å². The lowest BCUT2D eigenvalue weighted by Gasteiger charge is -2.31. The lowest BCUT2D eigenvalue weighted by atomic mass is 10.2. The number of hydrogen-bond donors (Lipinski definition) is 0. The van der Waals surface area contributed by atoms with Gasteiger partial charge in [-0.2, -0.15) is 5.10 Å². The fourth-order valence-electron chi connectivity index (χ4n) is 2.14. The zero-order chi connectivity index (χ0) is 12.4. The van der Waals surface area contributed by atoms with E-state index in [0.29, 0.717) is 0 Å². The molecule has 1 aromatic carbocycles. The number of ether oxygens (including phenoxy) is 1. The monoisotopic (exact) mass is 307 g/mol. The molecular weight excluding hydrogens is 294 g/mol. The fourth-order valence-corrected chi connectivity index (χ4v) is 2.48. The Kier molecular flexibility index (Phi) is 3.23. The standard InChI is InChI=1S/C13H14BrN3O/c14-11-2-3-12-13(10-11)18-9-8-16(12)6-7-17-5-1-4-15-17/h1-5,10H,6-9H2. The zero-order valence-electron chi connectivity index (χ0n) is 9.92. The van der Waals surface area contributed by atoms with Gasteiger partial charge in [-0.1, -0.05) is 15.9 Å². The van der Waals surface area contributed by atoms with Crippen molar-refractivity contribution in [3.8, 4) is 5.75 Å². The first-order valence-electron chi connectivity index (χ1n) is 5.98. The van der Waals surface area contributed by atoms with Crippen LogP contribution in [0, 0.1) is 0 Å². The molecule has 2 heterocycles. The molecule has 4 nitrogen and oxygen atoms in total. The molecule has 0 radical (unpaired) electrons. The Balaban J connectivity index is 1.75. The first-order chi connectivity index (χ1) is 8.83. The summed E-state index contributed by atoms with van der Waals surface area (Å²) in [6.45, 7) is 3.50. The molecule has 0 saturated heterocycles. The normalized spacial score (nSPS) is 14.2. The summed E-state index contributed by atoms with van der Waals surface area (Å²) < 4.78 is 8.68. The summed E-state index contributed by atoms with van der Waals surface area (Å²) in [5, 5.41) is 4.22. The van der Waals surface area contributed by atoms with Crippen LogP contribution in [0.5, 0.6) is 5.75 Å². The summed E-state index contributed by atoms with van der Waals surface area (Å²) >= 11 is 3.47. The van der Waals surface area contributed by atoms with Crippen molar-refractivity contribution >= 4 is 21.6 Å².